The molecule has 3 rings (SSSR count). The summed E-state index contributed by atoms with van der Waals surface area (Å²) >= 11 is 0. The lowest BCUT2D eigenvalue weighted by molar-refractivity contribution is 0.0861. The first-order chi connectivity index (χ1) is 14.1. The van der Waals surface area contributed by atoms with E-state index in [-0.39, 0.29) is 12.5 Å². The van der Waals surface area contributed by atoms with E-state index in [4.69, 9.17) is 4.74 Å². The molecule has 1 aromatic heterocycles. The number of rotatable bonds is 9. The number of benzene rings is 2. The molecule has 0 aliphatic carbocycles. The lowest BCUT2D eigenvalue weighted by atomic mass is 10.2. The zero-order valence-corrected chi connectivity index (χ0v) is 17.3. The Morgan fingerprint density at radius 2 is 1.76 bits per heavy atom. The Balaban J connectivity index is 1.94. The predicted octanol–water partition coefficient (Wildman–Crippen LogP) is 3.07. The van der Waals surface area contributed by atoms with Crippen molar-refractivity contribution in [2.45, 2.75) is 20.0 Å². The molecular formula is C23H29N3O3. The van der Waals surface area contributed by atoms with Crippen molar-refractivity contribution in [3.63, 3.8) is 0 Å². The van der Waals surface area contributed by atoms with Gasteiger partial charge in [0.05, 0.1) is 18.7 Å². The van der Waals surface area contributed by atoms with Gasteiger partial charge in [-0.2, -0.15) is 0 Å². The van der Waals surface area contributed by atoms with Gasteiger partial charge in [-0.25, -0.2) is 0 Å². The molecule has 6 heteroatoms. The summed E-state index contributed by atoms with van der Waals surface area (Å²) in [4.78, 5) is 15.3. The van der Waals surface area contributed by atoms with E-state index < -0.39 is 6.10 Å². The van der Waals surface area contributed by atoms with Crippen LogP contribution >= 0.6 is 0 Å². The Morgan fingerprint density at radius 3 is 2.41 bits per heavy atom. The van der Waals surface area contributed by atoms with Gasteiger partial charge in [0.1, 0.15) is 0 Å². The lowest BCUT2D eigenvalue weighted by Crippen LogP contribution is -2.40. The van der Waals surface area contributed by atoms with Crippen molar-refractivity contribution >= 4 is 16.8 Å². The number of hydrogen-bond acceptors (Lipinski definition) is 4. The van der Waals surface area contributed by atoms with Crippen LogP contribution in [0.5, 0.6) is 5.75 Å². The molecule has 1 atom stereocenters. The van der Waals surface area contributed by atoms with E-state index in [2.05, 4.69) is 24.1 Å². The number of nitrogens with zero attached hydrogens (tertiary/aromatic N) is 2. The maximum Gasteiger partial charge on any atom is 0.272 e. The standard InChI is InChI=1S/C23H29N3O3/c1-4-25(5-2)16-18(27)15-24-23(28)21-22(29-3)19-13-9-10-14-20(19)26(21)17-11-7-6-8-12-17/h6-14,18,27H,4-5,15-16H2,1-3H3,(H,24,28)/t18-/m1/s1. The number of aliphatic hydroxyl groups excluding tert-OH is 1. The van der Waals surface area contributed by atoms with E-state index in [1.165, 1.54) is 0 Å². The molecule has 154 valence electrons. The quantitative estimate of drug-likeness (QED) is 0.584. The van der Waals surface area contributed by atoms with Gasteiger partial charge in [-0.05, 0) is 37.4 Å². The number of para-hydroxylation sites is 2. The molecular weight excluding hydrogens is 366 g/mol. The van der Waals surface area contributed by atoms with Gasteiger partial charge in [0.2, 0.25) is 0 Å². The highest BCUT2D eigenvalue weighted by molar-refractivity contribution is 6.05. The third-order valence-electron chi connectivity index (χ3n) is 5.12. The van der Waals surface area contributed by atoms with E-state index in [1.54, 1.807) is 7.11 Å². The molecule has 29 heavy (non-hydrogen) atoms. The smallest absolute Gasteiger partial charge is 0.272 e. The monoisotopic (exact) mass is 395 g/mol. The van der Waals surface area contributed by atoms with Gasteiger partial charge in [0.25, 0.3) is 5.91 Å². The fourth-order valence-corrected chi connectivity index (χ4v) is 3.61. The molecule has 2 aromatic carbocycles. The summed E-state index contributed by atoms with van der Waals surface area (Å²) < 4.78 is 7.54. The first-order valence-corrected chi connectivity index (χ1v) is 10.0. The molecule has 0 aliphatic rings. The molecule has 0 spiro atoms. The van der Waals surface area contributed by atoms with Crippen molar-refractivity contribution in [1.29, 1.82) is 0 Å². The molecule has 0 unspecified atom stereocenters. The summed E-state index contributed by atoms with van der Waals surface area (Å²) in [6.45, 7) is 6.52. The highest BCUT2D eigenvalue weighted by Gasteiger charge is 2.25. The Kier molecular flexibility index (Phi) is 6.90. The van der Waals surface area contributed by atoms with Crippen LogP contribution in [0.4, 0.5) is 0 Å². The van der Waals surface area contributed by atoms with Gasteiger partial charge >= 0.3 is 0 Å². The summed E-state index contributed by atoms with van der Waals surface area (Å²) in [7, 11) is 1.57. The maximum absolute atomic E-state index is 13.2. The number of ether oxygens (including phenoxy) is 1. The van der Waals surface area contributed by atoms with Crippen LogP contribution in [0.15, 0.2) is 54.6 Å². The average Bonchev–Trinajstić information content (AvgIpc) is 3.10. The van der Waals surface area contributed by atoms with Crippen LogP contribution in [-0.4, -0.2) is 59.9 Å². The lowest BCUT2D eigenvalue weighted by Gasteiger charge is -2.22. The zero-order valence-electron chi connectivity index (χ0n) is 17.3. The minimum atomic E-state index is -0.639. The van der Waals surface area contributed by atoms with Crippen molar-refractivity contribution in [3.8, 4) is 11.4 Å². The van der Waals surface area contributed by atoms with E-state index in [0.717, 1.165) is 29.7 Å². The molecule has 3 aromatic rings. The minimum absolute atomic E-state index is 0.175. The van der Waals surface area contributed by atoms with Gasteiger partial charge in [-0.1, -0.05) is 44.2 Å². The minimum Gasteiger partial charge on any atom is -0.494 e. The molecule has 1 heterocycles. The van der Waals surface area contributed by atoms with Crippen LogP contribution < -0.4 is 10.1 Å². The van der Waals surface area contributed by atoms with Crippen molar-refractivity contribution < 1.29 is 14.6 Å². The number of aromatic nitrogens is 1. The Bertz CT molecular complexity index is 949. The average molecular weight is 396 g/mol. The van der Waals surface area contributed by atoms with Crippen molar-refractivity contribution in [1.82, 2.24) is 14.8 Å². The van der Waals surface area contributed by atoms with Crippen LogP contribution in [0.25, 0.3) is 16.6 Å². The molecule has 0 saturated carbocycles. The summed E-state index contributed by atoms with van der Waals surface area (Å²) in [5.74, 6) is 0.251. The second kappa shape index (κ2) is 9.58. The molecule has 6 nitrogen and oxygen atoms in total. The third-order valence-corrected chi connectivity index (χ3v) is 5.12. The highest BCUT2D eigenvalue weighted by Crippen LogP contribution is 2.35. The Hall–Kier alpha value is -2.83. The van der Waals surface area contributed by atoms with Crippen molar-refractivity contribution in [2.75, 3.05) is 33.3 Å². The second-order valence-electron chi connectivity index (χ2n) is 6.92. The summed E-state index contributed by atoms with van der Waals surface area (Å²) in [5, 5.41) is 14.1. The number of carbonyl (C=O) groups excluding carboxylic acids is 1. The first-order valence-electron chi connectivity index (χ1n) is 10.0. The van der Waals surface area contributed by atoms with Gasteiger partial charge in [0.15, 0.2) is 11.4 Å². The summed E-state index contributed by atoms with van der Waals surface area (Å²) in [6.07, 6.45) is -0.639. The third kappa shape index (κ3) is 4.44. The van der Waals surface area contributed by atoms with E-state index in [0.29, 0.717) is 18.0 Å². The Labute approximate surface area is 171 Å². The maximum atomic E-state index is 13.2. The summed E-state index contributed by atoms with van der Waals surface area (Å²) in [5.41, 5.74) is 2.19. The predicted molar refractivity (Wildman–Crippen MR) is 116 cm³/mol. The Morgan fingerprint density at radius 1 is 1.10 bits per heavy atom. The van der Waals surface area contributed by atoms with Gasteiger partial charge in [-0.3, -0.25) is 4.79 Å². The van der Waals surface area contributed by atoms with Crippen LogP contribution in [0.2, 0.25) is 0 Å². The highest BCUT2D eigenvalue weighted by atomic mass is 16.5. The van der Waals surface area contributed by atoms with Crippen LogP contribution in [-0.2, 0) is 0 Å². The normalized spacial score (nSPS) is 12.3. The van der Waals surface area contributed by atoms with E-state index in [1.807, 2.05) is 59.2 Å². The largest absolute Gasteiger partial charge is 0.494 e. The fourth-order valence-electron chi connectivity index (χ4n) is 3.61. The van der Waals surface area contributed by atoms with Crippen LogP contribution in [0.1, 0.15) is 24.3 Å². The second-order valence-corrected chi connectivity index (χ2v) is 6.92. The van der Waals surface area contributed by atoms with E-state index >= 15 is 0 Å². The van der Waals surface area contributed by atoms with Gasteiger partial charge in [-0.15, -0.1) is 0 Å². The number of methoxy groups -OCH3 is 1. The first kappa shape index (κ1) is 20.9. The zero-order chi connectivity index (χ0) is 20.8. The van der Waals surface area contributed by atoms with Gasteiger partial charge < -0.3 is 24.6 Å². The summed E-state index contributed by atoms with van der Waals surface area (Å²) in [6, 6.07) is 17.5. The number of amides is 1. The van der Waals surface area contributed by atoms with Crippen molar-refractivity contribution in [3.05, 3.63) is 60.3 Å². The molecule has 0 bridgehead atoms. The molecule has 0 fully saturated rings. The number of aliphatic hydroxyl groups is 1. The topological polar surface area (TPSA) is 66.7 Å². The molecule has 2 N–H and O–H groups in total. The SMILES string of the molecule is CCN(CC)C[C@H](O)CNC(=O)c1c(OC)c2ccccc2n1-c1ccccc1. The molecule has 0 radical (unpaired) electrons. The van der Waals surface area contributed by atoms with Crippen LogP contribution in [0.3, 0.4) is 0 Å². The van der Waals surface area contributed by atoms with E-state index in [9.17, 15) is 9.90 Å². The number of fused-ring (bicyclic) bond motifs is 1. The number of nitrogens with one attached hydrogen (secondary N) is 1. The molecule has 1 amide bonds. The number of likely N-dealkylation sites (N-methyl/N-ethyl adjacent to an activating group) is 1. The molecule has 0 saturated heterocycles. The number of carbonyl (C=O) groups is 1. The van der Waals surface area contributed by atoms with Gasteiger partial charge in [0, 0.05) is 24.2 Å². The fraction of sp³-hybridized carbons (Fsp3) is 0.348. The van der Waals surface area contributed by atoms with Crippen molar-refractivity contribution in [2.24, 2.45) is 0 Å². The number of hydrogen-bond donors (Lipinski definition) is 2. The molecule has 0 aliphatic heterocycles. The van der Waals surface area contributed by atoms with Crippen LogP contribution in [0, 0.1) is 0 Å².